The van der Waals surface area contributed by atoms with Crippen LogP contribution in [0.1, 0.15) is 66.2 Å². The first-order valence-electron chi connectivity index (χ1n) is 9.36. The van der Waals surface area contributed by atoms with Crippen molar-refractivity contribution < 1.29 is 14.4 Å². The minimum atomic E-state index is -1.24. The Kier molecular flexibility index (Phi) is 7.94. The van der Waals surface area contributed by atoms with Crippen molar-refractivity contribution >= 4 is 17.3 Å². The van der Waals surface area contributed by atoms with Crippen molar-refractivity contribution in [1.82, 2.24) is 0 Å². The van der Waals surface area contributed by atoms with Crippen molar-refractivity contribution in [3.63, 3.8) is 0 Å². The molecule has 0 N–H and O–H groups in total. The molecule has 2 aromatic carbocycles. The maximum Gasteiger partial charge on any atom is 0.181 e. The molecule has 0 aliphatic heterocycles. The Bertz CT molecular complexity index is 668. The third kappa shape index (κ3) is 5.48. The Hall–Kier alpha value is -2.55. The summed E-state index contributed by atoms with van der Waals surface area (Å²) < 4.78 is 0. The van der Waals surface area contributed by atoms with E-state index in [1.807, 2.05) is 0 Å². The molecule has 0 radical (unpaired) electrons. The zero-order valence-corrected chi connectivity index (χ0v) is 15.3. The van der Waals surface area contributed by atoms with Crippen LogP contribution in [0.3, 0.4) is 0 Å². The van der Waals surface area contributed by atoms with E-state index in [1.54, 1.807) is 60.7 Å². The van der Waals surface area contributed by atoms with Crippen molar-refractivity contribution in [2.45, 2.75) is 45.4 Å². The van der Waals surface area contributed by atoms with Gasteiger partial charge in [-0.15, -0.1) is 0 Å². The van der Waals surface area contributed by atoms with Gasteiger partial charge < -0.3 is 0 Å². The van der Waals surface area contributed by atoms with E-state index in [-0.39, 0.29) is 12.2 Å². The second-order valence-corrected chi connectivity index (χ2v) is 6.52. The first-order chi connectivity index (χ1) is 12.6. The Balaban J connectivity index is 2.17. The molecule has 0 unspecified atom stereocenters. The summed E-state index contributed by atoms with van der Waals surface area (Å²) in [5.74, 6) is -2.33. The summed E-state index contributed by atoms with van der Waals surface area (Å²) in [5, 5.41) is 0. The third-order valence-corrected chi connectivity index (χ3v) is 4.49. The van der Waals surface area contributed by atoms with Gasteiger partial charge in [-0.05, 0) is 6.42 Å². The molecule has 0 saturated heterocycles. The number of ketones is 3. The Morgan fingerprint density at radius 3 is 1.62 bits per heavy atom. The van der Waals surface area contributed by atoms with E-state index in [0.717, 1.165) is 32.1 Å². The minimum Gasteiger partial charge on any atom is -0.298 e. The summed E-state index contributed by atoms with van der Waals surface area (Å²) in [6, 6.07) is 17.2. The zero-order valence-electron chi connectivity index (χ0n) is 15.3. The van der Waals surface area contributed by atoms with Gasteiger partial charge in [-0.1, -0.05) is 93.3 Å². The van der Waals surface area contributed by atoms with E-state index in [9.17, 15) is 14.4 Å². The maximum atomic E-state index is 12.9. The maximum absolute atomic E-state index is 12.9. The van der Waals surface area contributed by atoms with Crippen LogP contribution in [-0.4, -0.2) is 17.3 Å². The van der Waals surface area contributed by atoms with Crippen molar-refractivity contribution in [3.05, 3.63) is 71.8 Å². The van der Waals surface area contributed by atoms with Gasteiger partial charge in [0.1, 0.15) is 5.92 Å². The smallest absolute Gasteiger partial charge is 0.181 e. The van der Waals surface area contributed by atoms with Crippen LogP contribution in [0.25, 0.3) is 0 Å². The van der Waals surface area contributed by atoms with E-state index < -0.39 is 17.5 Å². The average Bonchev–Trinajstić information content (AvgIpc) is 2.69. The van der Waals surface area contributed by atoms with Gasteiger partial charge in [-0.25, -0.2) is 0 Å². The lowest BCUT2D eigenvalue weighted by molar-refractivity contribution is -0.120. The van der Waals surface area contributed by atoms with E-state index in [1.165, 1.54) is 0 Å². The number of Topliss-reactive ketones (excluding diaryl/α,β-unsaturated/α-hetero) is 3. The zero-order chi connectivity index (χ0) is 18.8. The predicted molar refractivity (Wildman–Crippen MR) is 103 cm³/mol. The normalized spacial score (nSPS) is 10.7. The molecule has 0 aliphatic carbocycles. The van der Waals surface area contributed by atoms with Crippen molar-refractivity contribution in [2.24, 2.45) is 5.92 Å². The summed E-state index contributed by atoms with van der Waals surface area (Å²) in [4.78, 5) is 38.6. The number of carbonyl (C=O) groups excluding carboxylic acids is 3. The van der Waals surface area contributed by atoms with Gasteiger partial charge in [0.05, 0.1) is 0 Å². The largest absolute Gasteiger partial charge is 0.298 e. The Labute approximate surface area is 155 Å². The molecular weight excluding hydrogens is 324 g/mol. The standard InChI is InChI=1S/C23H26O3/c1-2-3-4-5-12-17-20(24)21(22(25)18-13-8-6-9-14-18)23(26)19-15-10-7-11-16-19/h6-11,13-16,21H,2-5,12,17H2,1H3. The summed E-state index contributed by atoms with van der Waals surface area (Å²) >= 11 is 0. The molecule has 0 heterocycles. The Morgan fingerprint density at radius 1 is 0.692 bits per heavy atom. The molecule has 0 fully saturated rings. The first-order valence-corrected chi connectivity index (χ1v) is 9.36. The molecular formula is C23H26O3. The van der Waals surface area contributed by atoms with Gasteiger partial charge in [-0.3, -0.25) is 14.4 Å². The van der Waals surface area contributed by atoms with Crippen molar-refractivity contribution in [2.75, 3.05) is 0 Å². The van der Waals surface area contributed by atoms with Crippen LogP contribution in [0.2, 0.25) is 0 Å². The second-order valence-electron chi connectivity index (χ2n) is 6.52. The van der Waals surface area contributed by atoms with E-state index in [2.05, 4.69) is 6.92 Å². The molecule has 0 bridgehead atoms. The number of unbranched alkanes of at least 4 members (excludes halogenated alkanes) is 4. The van der Waals surface area contributed by atoms with Crippen LogP contribution in [0.5, 0.6) is 0 Å². The highest BCUT2D eigenvalue weighted by atomic mass is 16.2. The van der Waals surface area contributed by atoms with Gasteiger partial charge in [-0.2, -0.15) is 0 Å². The fourth-order valence-electron chi connectivity index (χ4n) is 3.00. The molecule has 136 valence electrons. The molecule has 3 heteroatoms. The van der Waals surface area contributed by atoms with Gasteiger partial charge in [0.25, 0.3) is 0 Å². The monoisotopic (exact) mass is 350 g/mol. The number of hydrogen-bond donors (Lipinski definition) is 0. The fraction of sp³-hybridized carbons (Fsp3) is 0.348. The van der Waals surface area contributed by atoms with Crippen LogP contribution in [0.4, 0.5) is 0 Å². The van der Waals surface area contributed by atoms with Gasteiger partial charge in [0.2, 0.25) is 0 Å². The van der Waals surface area contributed by atoms with Crippen LogP contribution in [0.15, 0.2) is 60.7 Å². The summed E-state index contributed by atoms with van der Waals surface area (Å²) in [7, 11) is 0. The molecule has 26 heavy (non-hydrogen) atoms. The van der Waals surface area contributed by atoms with E-state index in [0.29, 0.717) is 11.1 Å². The number of hydrogen-bond acceptors (Lipinski definition) is 3. The van der Waals surface area contributed by atoms with Crippen LogP contribution in [-0.2, 0) is 4.79 Å². The second kappa shape index (κ2) is 10.4. The lowest BCUT2D eigenvalue weighted by Gasteiger charge is -2.14. The summed E-state index contributed by atoms with van der Waals surface area (Å²) in [6.07, 6.45) is 5.29. The fourth-order valence-corrected chi connectivity index (χ4v) is 3.00. The number of benzene rings is 2. The van der Waals surface area contributed by atoms with Gasteiger partial charge >= 0.3 is 0 Å². The predicted octanol–water partition coefficient (Wildman–Crippen LogP) is 5.30. The average molecular weight is 350 g/mol. The third-order valence-electron chi connectivity index (χ3n) is 4.49. The highest BCUT2D eigenvalue weighted by molar-refractivity contribution is 6.27. The van der Waals surface area contributed by atoms with Gasteiger partial charge in [0.15, 0.2) is 17.3 Å². The minimum absolute atomic E-state index is 0.269. The van der Waals surface area contributed by atoms with Gasteiger partial charge in [0, 0.05) is 17.5 Å². The number of rotatable bonds is 11. The van der Waals surface area contributed by atoms with Crippen LogP contribution in [0, 0.1) is 5.92 Å². The molecule has 3 nitrogen and oxygen atoms in total. The molecule has 0 aromatic heterocycles. The summed E-state index contributed by atoms with van der Waals surface area (Å²) in [5.41, 5.74) is 0.808. The SMILES string of the molecule is CCCCCCCC(=O)C(C(=O)c1ccccc1)C(=O)c1ccccc1. The molecule has 0 spiro atoms. The lowest BCUT2D eigenvalue weighted by atomic mass is 9.85. The highest BCUT2D eigenvalue weighted by Gasteiger charge is 2.34. The topological polar surface area (TPSA) is 51.2 Å². The highest BCUT2D eigenvalue weighted by Crippen LogP contribution is 2.19. The molecule has 2 rings (SSSR count). The van der Waals surface area contributed by atoms with Crippen molar-refractivity contribution in [3.8, 4) is 0 Å². The van der Waals surface area contributed by atoms with E-state index in [4.69, 9.17) is 0 Å². The molecule has 0 amide bonds. The molecule has 0 aliphatic rings. The van der Waals surface area contributed by atoms with E-state index >= 15 is 0 Å². The number of carbonyl (C=O) groups is 3. The van der Waals surface area contributed by atoms with Crippen LogP contribution < -0.4 is 0 Å². The molecule has 0 atom stereocenters. The lowest BCUT2D eigenvalue weighted by Crippen LogP contribution is -2.32. The van der Waals surface area contributed by atoms with Crippen molar-refractivity contribution in [1.29, 1.82) is 0 Å². The summed E-state index contributed by atoms with van der Waals surface area (Å²) in [6.45, 7) is 2.14. The molecule has 0 saturated carbocycles. The quantitative estimate of drug-likeness (QED) is 0.314. The Morgan fingerprint density at radius 2 is 1.15 bits per heavy atom. The van der Waals surface area contributed by atoms with Crippen LogP contribution >= 0.6 is 0 Å². The molecule has 2 aromatic rings. The first kappa shape index (κ1) is 19.8.